The lowest BCUT2D eigenvalue weighted by Crippen LogP contribution is -2.16. The third kappa shape index (κ3) is 2.39. The van der Waals surface area contributed by atoms with Gasteiger partial charge in [-0.1, -0.05) is 0 Å². The van der Waals surface area contributed by atoms with E-state index >= 15 is 0 Å². The summed E-state index contributed by atoms with van der Waals surface area (Å²) in [6.45, 7) is 0.674. The van der Waals surface area contributed by atoms with Gasteiger partial charge >= 0.3 is 0 Å². The summed E-state index contributed by atoms with van der Waals surface area (Å²) in [6, 6.07) is 2.85. The van der Waals surface area contributed by atoms with E-state index in [4.69, 9.17) is 10.5 Å². The van der Waals surface area contributed by atoms with Crippen molar-refractivity contribution in [3.8, 4) is 0 Å². The Morgan fingerprint density at radius 3 is 2.44 bits per heavy atom. The van der Waals surface area contributed by atoms with Gasteiger partial charge in [-0.15, -0.1) is 0 Å². The second-order valence-electron chi connectivity index (χ2n) is 3.85. The minimum Gasteiger partial charge on any atom is -0.501 e. The summed E-state index contributed by atoms with van der Waals surface area (Å²) in [4.78, 5) is 0. The van der Waals surface area contributed by atoms with Crippen LogP contribution in [0, 0.1) is 11.6 Å². The van der Waals surface area contributed by atoms with Crippen molar-refractivity contribution in [2.75, 3.05) is 6.61 Å². The molecule has 1 aromatic carbocycles. The lowest BCUT2D eigenvalue weighted by molar-refractivity contribution is 0.221. The lowest BCUT2D eigenvalue weighted by atomic mass is 9.96. The maximum atomic E-state index is 13.0. The normalized spacial score (nSPS) is 17.6. The molecule has 0 fully saturated rings. The van der Waals surface area contributed by atoms with E-state index < -0.39 is 17.7 Å². The van der Waals surface area contributed by atoms with E-state index in [0.29, 0.717) is 12.2 Å². The predicted octanol–water partition coefficient (Wildman–Crippen LogP) is 2.66. The Morgan fingerprint density at radius 1 is 1.19 bits per heavy atom. The van der Waals surface area contributed by atoms with Crippen molar-refractivity contribution < 1.29 is 13.5 Å². The first-order valence-corrected chi connectivity index (χ1v) is 5.19. The van der Waals surface area contributed by atoms with Crippen LogP contribution >= 0.6 is 0 Å². The van der Waals surface area contributed by atoms with Crippen LogP contribution in [-0.4, -0.2) is 6.61 Å². The van der Waals surface area contributed by atoms with E-state index in [1.54, 1.807) is 6.26 Å². The van der Waals surface area contributed by atoms with Crippen LogP contribution in [-0.2, 0) is 4.74 Å². The van der Waals surface area contributed by atoms with Crippen molar-refractivity contribution in [3.63, 3.8) is 0 Å². The second-order valence-corrected chi connectivity index (χ2v) is 3.85. The van der Waals surface area contributed by atoms with Crippen LogP contribution in [0.25, 0.3) is 0 Å². The zero-order chi connectivity index (χ0) is 11.5. The summed E-state index contributed by atoms with van der Waals surface area (Å²) in [6.07, 6.45) is 3.29. The fraction of sp³-hybridized carbons (Fsp3) is 0.333. The van der Waals surface area contributed by atoms with Gasteiger partial charge in [-0.05, 0) is 36.1 Å². The number of ether oxygens (including phenoxy) is 1. The fourth-order valence-corrected chi connectivity index (χ4v) is 1.78. The molecule has 0 aromatic heterocycles. The average molecular weight is 225 g/mol. The van der Waals surface area contributed by atoms with Gasteiger partial charge in [0.05, 0.1) is 18.9 Å². The smallest absolute Gasteiger partial charge is 0.126 e. The quantitative estimate of drug-likeness (QED) is 0.839. The molecule has 2 nitrogen and oxygen atoms in total. The Hall–Kier alpha value is -1.42. The topological polar surface area (TPSA) is 35.2 Å². The molecule has 4 heteroatoms. The maximum absolute atomic E-state index is 13.0. The minimum absolute atomic E-state index is 0.439. The summed E-state index contributed by atoms with van der Waals surface area (Å²) < 4.78 is 31.2. The van der Waals surface area contributed by atoms with E-state index in [0.717, 1.165) is 24.5 Å². The van der Waals surface area contributed by atoms with Gasteiger partial charge in [0, 0.05) is 6.07 Å². The SMILES string of the molecule is NC(C1=COCCC1)c1cc(F)cc(F)c1. The van der Waals surface area contributed by atoms with Gasteiger partial charge in [0.25, 0.3) is 0 Å². The van der Waals surface area contributed by atoms with Crippen LogP contribution in [0.2, 0.25) is 0 Å². The van der Waals surface area contributed by atoms with E-state index in [2.05, 4.69) is 0 Å². The van der Waals surface area contributed by atoms with Gasteiger partial charge in [0.15, 0.2) is 0 Å². The molecule has 0 amide bonds. The van der Waals surface area contributed by atoms with Gasteiger partial charge in [0.1, 0.15) is 11.6 Å². The maximum Gasteiger partial charge on any atom is 0.126 e. The number of benzene rings is 1. The molecule has 0 saturated heterocycles. The molecule has 0 saturated carbocycles. The average Bonchev–Trinajstić information content (AvgIpc) is 2.28. The van der Waals surface area contributed by atoms with Gasteiger partial charge in [-0.3, -0.25) is 0 Å². The zero-order valence-electron chi connectivity index (χ0n) is 8.75. The van der Waals surface area contributed by atoms with Crippen molar-refractivity contribution in [2.24, 2.45) is 5.73 Å². The van der Waals surface area contributed by atoms with Crippen LogP contribution in [0.5, 0.6) is 0 Å². The van der Waals surface area contributed by atoms with Crippen LogP contribution in [0.4, 0.5) is 8.78 Å². The molecule has 2 N–H and O–H groups in total. The molecular formula is C12H13F2NO. The summed E-state index contributed by atoms with van der Waals surface area (Å²) >= 11 is 0. The van der Waals surface area contributed by atoms with Gasteiger partial charge < -0.3 is 10.5 Å². The number of hydrogen-bond acceptors (Lipinski definition) is 2. The van der Waals surface area contributed by atoms with E-state index in [9.17, 15) is 8.78 Å². The van der Waals surface area contributed by atoms with Gasteiger partial charge in [0.2, 0.25) is 0 Å². The standard InChI is InChI=1S/C12H13F2NO/c13-10-4-9(5-11(14)6-10)12(15)8-2-1-3-16-7-8/h4-7,12H,1-3,15H2. The summed E-state index contributed by atoms with van der Waals surface area (Å²) in [5.74, 6) is -1.22. The minimum atomic E-state index is -0.609. The first kappa shape index (κ1) is 11.1. The van der Waals surface area contributed by atoms with E-state index in [1.165, 1.54) is 12.1 Å². The fourth-order valence-electron chi connectivity index (χ4n) is 1.78. The first-order chi connectivity index (χ1) is 7.66. The first-order valence-electron chi connectivity index (χ1n) is 5.19. The summed E-state index contributed by atoms with van der Waals surface area (Å²) in [5.41, 5.74) is 7.24. The van der Waals surface area contributed by atoms with Crippen LogP contribution in [0.3, 0.4) is 0 Å². The molecule has 1 atom stereocenters. The second kappa shape index (κ2) is 4.61. The summed E-state index contributed by atoms with van der Waals surface area (Å²) in [5, 5.41) is 0. The monoisotopic (exact) mass is 225 g/mol. The molecular weight excluding hydrogens is 212 g/mol. The Labute approximate surface area is 92.7 Å². The van der Waals surface area contributed by atoms with Gasteiger partial charge in [-0.2, -0.15) is 0 Å². The van der Waals surface area contributed by atoms with Crippen molar-refractivity contribution >= 4 is 0 Å². The van der Waals surface area contributed by atoms with Crippen LogP contribution in [0.15, 0.2) is 30.0 Å². The highest BCUT2D eigenvalue weighted by Crippen LogP contribution is 2.26. The Morgan fingerprint density at radius 2 is 1.88 bits per heavy atom. The summed E-state index contributed by atoms with van der Waals surface area (Å²) in [7, 11) is 0. The third-order valence-corrected chi connectivity index (χ3v) is 2.61. The van der Waals surface area contributed by atoms with Crippen LogP contribution < -0.4 is 5.73 Å². The van der Waals surface area contributed by atoms with Crippen molar-refractivity contribution in [3.05, 3.63) is 47.2 Å². The molecule has 1 aliphatic rings. The highest BCUT2D eigenvalue weighted by Gasteiger charge is 2.16. The molecule has 1 heterocycles. The lowest BCUT2D eigenvalue weighted by Gasteiger charge is -2.20. The molecule has 1 aromatic rings. The molecule has 86 valence electrons. The number of halogens is 2. The Bertz CT molecular complexity index is 397. The highest BCUT2D eigenvalue weighted by atomic mass is 19.1. The van der Waals surface area contributed by atoms with Crippen molar-refractivity contribution in [1.29, 1.82) is 0 Å². The molecule has 0 spiro atoms. The van der Waals surface area contributed by atoms with Crippen LogP contribution in [0.1, 0.15) is 24.4 Å². The molecule has 1 aliphatic heterocycles. The Kier molecular flexibility index (Phi) is 3.19. The Balaban J connectivity index is 2.25. The number of rotatable bonds is 2. The third-order valence-electron chi connectivity index (χ3n) is 2.61. The van der Waals surface area contributed by atoms with Gasteiger partial charge in [-0.25, -0.2) is 8.78 Å². The predicted molar refractivity (Wildman–Crippen MR) is 56.6 cm³/mol. The zero-order valence-corrected chi connectivity index (χ0v) is 8.75. The number of nitrogens with two attached hydrogens (primary N) is 1. The number of hydrogen-bond donors (Lipinski definition) is 1. The van der Waals surface area contributed by atoms with E-state index in [1.807, 2.05) is 0 Å². The molecule has 0 bridgehead atoms. The molecule has 2 rings (SSSR count). The molecule has 0 aliphatic carbocycles. The van der Waals surface area contributed by atoms with Crippen molar-refractivity contribution in [1.82, 2.24) is 0 Å². The molecule has 1 unspecified atom stereocenters. The van der Waals surface area contributed by atoms with E-state index in [-0.39, 0.29) is 0 Å². The molecule has 0 radical (unpaired) electrons. The molecule has 16 heavy (non-hydrogen) atoms. The van der Waals surface area contributed by atoms with Crippen molar-refractivity contribution in [2.45, 2.75) is 18.9 Å². The highest BCUT2D eigenvalue weighted by molar-refractivity contribution is 5.28. The largest absolute Gasteiger partial charge is 0.501 e.